The molecule has 2 aromatic carbocycles. The molecule has 1 nitrogen and oxygen atoms in total. The molecular formula is C22H25NSi2. The molecule has 2 heterocycles. The van der Waals surface area contributed by atoms with Crippen molar-refractivity contribution in [3.8, 4) is 22.4 Å². The molecule has 3 aromatic rings. The maximum atomic E-state index is 4.78. The molecule has 0 unspecified atom stereocenters. The average Bonchev–Trinajstić information content (AvgIpc) is 2.82. The van der Waals surface area contributed by atoms with E-state index in [1.807, 2.05) is 0 Å². The lowest BCUT2D eigenvalue weighted by atomic mass is 10.0. The number of pyridine rings is 1. The van der Waals surface area contributed by atoms with E-state index in [0.29, 0.717) is 0 Å². The van der Waals surface area contributed by atoms with Gasteiger partial charge in [0.15, 0.2) is 0 Å². The molecule has 3 heteroatoms. The van der Waals surface area contributed by atoms with Gasteiger partial charge in [0, 0.05) is 11.8 Å². The van der Waals surface area contributed by atoms with Gasteiger partial charge in [-0.15, -0.1) is 0 Å². The van der Waals surface area contributed by atoms with E-state index in [-0.39, 0.29) is 0 Å². The van der Waals surface area contributed by atoms with Gasteiger partial charge in [0.2, 0.25) is 0 Å². The van der Waals surface area contributed by atoms with E-state index in [1.165, 1.54) is 21.9 Å². The molecule has 25 heavy (non-hydrogen) atoms. The van der Waals surface area contributed by atoms with Gasteiger partial charge in [-0.3, -0.25) is 4.98 Å². The van der Waals surface area contributed by atoms with Crippen LogP contribution >= 0.6 is 0 Å². The molecule has 0 aliphatic carbocycles. The van der Waals surface area contributed by atoms with Crippen LogP contribution in [0.15, 0.2) is 60.8 Å². The third-order valence-electron chi connectivity index (χ3n) is 5.51. The van der Waals surface area contributed by atoms with E-state index in [0.717, 1.165) is 5.69 Å². The largest absolute Gasteiger partial charge is 0.256 e. The highest BCUT2D eigenvalue weighted by Crippen LogP contribution is 2.31. The first kappa shape index (κ1) is 16.5. The van der Waals surface area contributed by atoms with Gasteiger partial charge >= 0.3 is 0 Å². The van der Waals surface area contributed by atoms with Gasteiger partial charge in [-0.25, -0.2) is 0 Å². The second-order valence-corrected chi connectivity index (χ2v) is 18.0. The van der Waals surface area contributed by atoms with Crippen molar-refractivity contribution >= 4 is 31.7 Å². The Labute approximate surface area is 152 Å². The average molecular weight is 360 g/mol. The van der Waals surface area contributed by atoms with Crippen molar-refractivity contribution in [2.45, 2.75) is 32.7 Å². The maximum Gasteiger partial charge on any atom is 0.113 e. The number of hydrogen-bond donors (Lipinski definition) is 0. The summed E-state index contributed by atoms with van der Waals surface area (Å²) in [6, 6.07) is 20.4. The Balaban J connectivity index is 1.81. The van der Waals surface area contributed by atoms with Crippen molar-refractivity contribution in [2.24, 2.45) is 0 Å². The summed E-state index contributed by atoms with van der Waals surface area (Å²) in [5, 5.41) is 4.52. The van der Waals surface area contributed by atoms with Crippen molar-refractivity contribution < 1.29 is 0 Å². The quantitative estimate of drug-likeness (QED) is 0.628. The van der Waals surface area contributed by atoms with Gasteiger partial charge in [0.25, 0.3) is 0 Å². The minimum Gasteiger partial charge on any atom is -0.256 e. The maximum absolute atomic E-state index is 4.78. The van der Waals surface area contributed by atoms with Crippen molar-refractivity contribution in [3.05, 3.63) is 60.8 Å². The Morgan fingerprint density at radius 3 is 2.20 bits per heavy atom. The Morgan fingerprint density at radius 2 is 1.52 bits per heavy atom. The Kier molecular flexibility index (Phi) is 3.64. The van der Waals surface area contributed by atoms with Crippen molar-refractivity contribution in [3.63, 3.8) is 0 Å². The molecule has 0 N–H and O–H groups in total. The van der Waals surface area contributed by atoms with E-state index >= 15 is 0 Å². The Bertz CT molecular complexity index is 951. The molecule has 0 amide bonds. The number of benzene rings is 2. The summed E-state index contributed by atoms with van der Waals surface area (Å²) in [5.74, 6) is 0. The highest BCUT2D eigenvalue weighted by atomic mass is 28.3. The van der Waals surface area contributed by atoms with Gasteiger partial charge < -0.3 is 0 Å². The molecule has 0 saturated carbocycles. The first-order chi connectivity index (χ1) is 11.8. The number of nitrogens with zero attached hydrogens (tertiary/aromatic N) is 1. The van der Waals surface area contributed by atoms with Gasteiger partial charge in [0.05, 0.1) is 13.8 Å². The number of aromatic nitrogens is 1. The molecule has 0 spiro atoms. The predicted octanol–water partition coefficient (Wildman–Crippen LogP) is 4.10. The van der Waals surface area contributed by atoms with Crippen LogP contribution in [0, 0.1) is 0 Å². The van der Waals surface area contributed by atoms with Crippen molar-refractivity contribution in [1.82, 2.24) is 4.98 Å². The zero-order valence-corrected chi connectivity index (χ0v) is 17.7. The zero-order chi connectivity index (χ0) is 17.8. The van der Waals surface area contributed by atoms with E-state index in [2.05, 4.69) is 93.5 Å². The Morgan fingerprint density at radius 1 is 0.800 bits per heavy atom. The Hall–Kier alpha value is -1.98. The first-order valence-corrected chi connectivity index (χ1v) is 15.5. The van der Waals surface area contributed by atoms with Crippen molar-refractivity contribution in [1.29, 1.82) is 0 Å². The molecule has 1 aromatic heterocycles. The molecule has 0 fully saturated rings. The summed E-state index contributed by atoms with van der Waals surface area (Å²) >= 11 is 0. The zero-order valence-electron chi connectivity index (χ0n) is 15.7. The molecular weight excluding hydrogens is 334 g/mol. The molecule has 0 radical (unpaired) electrons. The highest BCUT2D eigenvalue weighted by Gasteiger charge is 2.37. The summed E-state index contributed by atoms with van der Waals surface area (Å²) in [6.07, 6.45) is 2.08. The van der Waals surface area contributed by atoms with Crippen molar-refractivity contribution in [2.75, 3.05) is 0 Å². The minimum atomic E-state index is -1.55. The molecule has 0 saturated heterocycles. The number of fused-ring (bicyclic) bond motifs is 3. The fourth-order valence-corrected chi connectivity index (χ4v) is 8.00. The summed E-state index contributed by atoms with van der Waals surface area (Å²) in [5.41, 5.74) is 5.15. The van der Waals surface area contributed by atoms with Gasteiger partial charge in [0.1, 0.15) is 8.07 Å². The van der Waals surface area contributed by atoms with E-state index in [4.69, 9.17) is 4.98 Å². The van der Waals surface area contributed by atoms with Crippen LogP contribution in [0.1, 0.15) is 0 Å². The molecule has 1 aliphatic rings. The summed E-state index contributed by atoms with van der Waals surface area (Å²) in [6.45, 7) is 12.0. The van der Waals surface area contributed by atoms with E-state index in [1.54, 1.807) is 10.4 Å². The summed E-state index contributed by atoms with van der Waals surface area (Å²) in [7, 11) is -2.85. The SMILES string of the molecule is C[Si](C)(C)c1ccc(-c2ccc3c(c2)-c2ccccc2[Si]3(C)C)nc1. The lowest BCUT2D eigenvalue weighted by molar-refractivity contribution is 1.34. The molecule has 126 valence electrons. The van der Waals surface area contributed by atoms with Gasteiger partial charge in [-0.2, -0.15) is 0 Å². The standard InChI is InChI=1S/C22H25NSi2/c1-24(2,3)17-11-12-20(23-15-17)16-10-13-22-19(14-16)18-8-6-7-9-21(18)25(22,4)5/h6-15H,1-5H3. The van der Waals surface area contributed by atoms with Crippen LogP contribution in [-0.2, 0) is 0 Å². The second-order valence-electron chi connectivity index (χ2n) is 8.61. The summed E-state index contributed by atoms with van der Waals surface area (Å²) < 4.78 is 0. The number of hydrogen-bond acceptors (Lipinski definition) is 1. The van der Waals surface area contributed by atoms with Crippen LogP contribution in [-0.4, -0.2) is 21.1 Å². The molecule has 4 rings (SSSR count). The predicted molar refractivity (Wildman–Crippen MR) is 115 cm³/mol. The van der Waals surface area contributed by atoms with E-state index in [9.17, 15) is 0 Å². The molecule has 0 bridgehead atoms. The first-order valence-electron chi connectivity index (χ1n) is 9.00. The fourth-order valence-electron chi connectivity index (χ4n) is 3.89. The summed E-state index contributed by atoms with van der Waals surface area (Å²) in [4.78, 5) is 4.78. The second kappa shape index (κ2) is 5.51. The van der Waals surface area contributed by atoms with Crippen LogP contribution in [0.3, 0.4) is 0 Å². The van der Waals surface area contributed by atoms with Crippen LogP contribution in [0.2, 0.25) is 32.7 Å². The van der Waals surface area contributed by atoms with Crippen LogP contribution in [0.4, 0.5) is 0 Å². The van der Waals surface area contributed by atoms with Gasteiger partial charge in [-0.05, 0) is 38.8 Å². The topological polar surface area (TPSA) is 12.9 Å². The van der Waals surface area contributed by atoms with Crippen LogP contribution in [0.25, 0.3) is 22.4 Å². The lowest BCUT2D eigenvalue weighted by Gasteiger charge is -2.19. The number of rotatable bonds is 2. The lowest BCUT2D eigenvalue weighted by Crippen LogP contribution is -2.49. The van der Waals surface area contributed by atoms with Crippen LogP contribution < -0.4 is 15.6 Å². The van der Waals surface area contributed by atoms with E-state index < -0.39 is 16.1 Å². The third-order valence-corrected chi connectivity index (χ3v) is 11.1. The molecule has 0 atom stereocenters. The third kappa shape index (κ3) is 2.62. The normalized spacial score (nSPS) is 14.9. The molecule has 1 aliphatic heterocycles. The van der Waals surface area contributed by atoms with Gasteiger partial charge in [-0.1, -0.05) is 75.2 Å². The minimum absolute atomic E-state index is 1.08. The monoisotopic (exact) mass is 359 g/mol. The fraction of sp³-hybridized carbons (Fsp3) is 0.227. The van der Waals surface area contributed by atoms with Crippen LogP contribution in [0.5, 0.6) is 0 Å². The highest BCUT2D eigenvalue weighted by molar-refractivity contribution is 7.03. The smallest absolute Gasteiger partial charge is 0.113 e.